The zero-order valence-corrected chi connectivity index (χ0v) is 34.5. The van der Waals surface area contributed by atoms with Crippen LogP contribution >= 0.6 is 0 Å². The maximum atomic E-state index is 13.4. The van der Waals surface area contributed by atoms with Crippen LogP contribution < -0.4 is 25.3 Å². The molecule has 0 atom stereocenters. The van der Waals surface area contributed by atoms with Crippen molar-refractivity contribution >= 4 is 63.3 Å². The third kappa shape index (κ3) is 9.16. The topological polar surface area (TPSA) is 169 Å². The zero-order valence-electron chi connectivity index (χ0n) is 34.5. The van der Waals surface area contributed by atoms with Gasteiger partial charge in [-0.05, 0) is 98.0 Å². The van der Waals surface area contributed by atoms with Gasteiger partial charge in [-0.3, -0.25) is 34.1 Å². The van der Waals surface area contributed by atoms with Crippen LogP contribution in [0.2, 0.25) is 0 Å². The van der Waals surface area contributed by atoms with E-state index in [1.165, 1.54) is 4.90 Å². The van der Waals surface area contributed by atoms with Gasteiger partial charge in [-0.15, -0.1) is 5.10 Å². The Morgan fingerprint density at radius 3 is 2.38 bits per heavy atom. The summed E-state index contributed by atoms with van der Waals surface area (Å²) in [6.45, 7) is 5.87. The number of anilines is 3. The molecule has 6 amide bonds. The summed E-state index contributed by atoms with van der Waals surface area (Å²) in [7, 11) is 3.41. The lowest BCUT2D eigenvalue weighted by atomic mass is 9.92. The Bertz CT molecular complexity index is 2230. The summed E-state index contributed by atoms with van der Waals surface area (Å²) in [5, 5.41) is 14.3. The number of aromatic nitrogens is 3. The molecular weight excluding hydrogens is 765 g/mol. The zero-order chi connectivity index (χ0) is 41.8. The first-order valence-corrected chi connectivity index (χ1v) is 21.2. The molecule has 2 N–H and O–H groups in total. The molecule has 16 heteroatoms. The number of nitrogens with zero attached hydrogens (tertiary/aromatic N) is 8. The van der Waals surface area contributed by atoms with Gasteiger partial charge in [0.1, 0.15) is 0 Å². The second kappa shape index (κ2) is 18.0. The Morgan fingerprint density at radius 1 is 0.917 bits per heavy atom. The van der Waals surface area contributed by atoms with E-state index in [2.05, 4.69) is 49.0 Å². The van der Waals surface area contributed by atoms with Crippen LogP contribution in [-0.4, -0.2) is 121 Å². The minimum Gasteiger partial charge on any atom is -0.449 e. The van der Waals surface area contributed by atoms with Gasteiger partial charge in [0, 0.05) is 108 Å². The van der Waals surface area contributed by atoms with Gasteiger partial charge in [0.25, 0.3) is 5.91 Å². The van der Waals surface area contributed by atoms with Gasteiger partial charge in [-0.1, -0.05) is 11.3 Å². The van der Waals surface area contributed by atoms with Crippen molar-refractivity contribution in [2.24, 2.45) is 11.8 Å². The van der Waals surface area contributed by atoms with Crippen LogP contribution in [0.25, 0.3) is 16.5 Å². The molecule has 3 saturated heterocycles. The molecule has 316 valence electrons. The molecule has 0 bridgehead atoms. The SMILES string of the molecule is CN(C)C(=O)c1cc2cc(C3=CCCN(C(=O)CCn4ccnn4)C3)cc(N3CCC(C(=O)NCCC4CCN(c5ccc(N6CCC(=O)NC6=O)cc5)CC4)CC3)c2o1. The number of urea groups is 1. The molecule has 6 heterocycles. The second-order valence-corrected chi connectivity index (χ2v) is 16.5. The maximum Gasteiger partial charge on any atom is 0.328 e. The molecule has 4 aromatic rings. The normalized spacial score (nSPS) is 18.1. The Hall–Kier alpha value is -6.19. The number of benzene rings is 2. The van der Waals surface area contributed by atoms with Crippen molar-refractivity contribution in [2.75, 3.05) is 81.2 Å². The fourth-order valence-electron chi connectivity index (χ4n) is 8.83. The van der Waals surface area contributed by atoms with Gasteiger partial charge >= 0.3 is 6.03 Å². The fourth-order valence-corrected chi connectivity index (χ4v) is 8.83. The number of furan rings is 1. The largest absolute Gasteiger partial charge is 0.449 e. The highest BCUT2D eigenvalue weighted by molar-refractivity contribution is 6.05. The number of fused-ring (bicyclic) bond motifs is 1. The van der Waals surface area contributed by atoms with Crippen molar-refractivity contribution in [3.05, 3.63) is 72.3 Å². The Kier molecular flexibility index (Phi) is 12.2. The second-order valence-electron chi connectivity index (χ2n) is 16.5. The summed E-state index contributed by atoms with van der Waals surface area (Å²) in [6, 6.07) is 13.6. The van der Waals surface area contributed by atoms with Crippen LogP contribution in [0.15, 0.2) is 65.4 Å². The lowest BCUT2D eigenvalue weighted by Gasteiger charge is -2.35. The van der Waals surface area contributed by atoms with Crippen molar-refractivity contribution in [1.29, 1.82) is 0 Å². The van der Waals surface area contributed by atoms with E-state index in [0.717, 1.165) is 72.4 Å². The molecular formula is C44H54N10O6. The number of carbonyl (C=O) groups excluding carboxylic acids is 5. The highest BCUT2D eigenvalue weighted by Gasteiger charge is 2.30. The molecule has 2 aromatic heterocycles. The average molecular weight is 819 g/mol. The van der Waals surface area contributed by atoms with Crippen molar-refractivity contribution in [1.82, 2.24) is 35.4 Å². The number of piperidine rings is 2. The number of imide groups is 1. The molecule has 0 aliphatic carbocycles. The molecule has 4 aliphatic heterocycles. The standard InChI is InChI=1S/C44H54N10O6/c1-49(2)43(58)38-28-34-26-33(32-4-3-18-52(29-32)40(56)15-23-53-25-17-46-48-53)27-37(41(34)60-38)51-21-12-31(13-22-51)42(57)45-16-9-30-10-19-50(20-11-30)35-5-7-36(8-6-35)54-24-14-39(55)47-44(54)59/h4-8,17,25-28,30-31H,3,9-16,18-24,29H2,1-2H3,(H,45,57)(H,47,55,59). The van der Waals surface area contributed by atoms with Crippen molar-refractivity contribution in [3.8, 4) is 0 Å². The molecule has 4 aliphatic rings. The van der Waals surface area contributed by atoms with Crippen LogP contribution in [0, 0.1) is 11.8 Å². The molecule has 0 unspecified atom stereocenters. The van der Waals surface area contributed by atoms with E-state index in [1.807, 2.05) is 29.2 Å². The van der Waals surface area contributed by atoms with Gasteiger partial charge in [-0.25, -0.2) is 4.79 Å². The summed E-state index contributed by atoms with van der Waals surface area (Å²) >= 11 is 0. The van der Waals surface area contributed by atoms with Crippen LogP contribution in [0.1, 0.15) is 67.5 Å². The smallest absolute Gasteiger partial charge is 0.328 e. The van der Waals surface area contributed by atoms with E-state index in [9.17, 15) is 24.0 Å². The number of nitrogens with one attached hydrogen (secondary N) is 2. The number of rotatable bonds is 12. The average Bonchev–Trinajstić information content (AvgIpc) is 3.96. The first-order valence-electron chi connectivity index (χ1n) is 21.2. The number of aryl methyl sites for hydroxylation is 1. The molecule has 60 heavy (non-hydrogen) atoms. The van der Waals surface area contributed by atoms with E-state index in [0.29, 0.717) is 83.0 Å². The first kappa shape index (κ1) is 40.6. The van der Waals surface area contributed by atoms with Gasteiger partial charge < -0.3 is 29.3 Å². The van der Waals surface area contributed by atoms with Crippen LogP contribution in [-0.2, 0) is 20.9 Å². The van der Waals surface area contributed by atoms with Crippen molar-refractivity contribution in [3.63, 3.8) is 0 Å². The summed E-state index contributed by atoms with van der Waals surface area (Å²) in [6.07, 6.45) is 11.4. The van der Waals surface area contributed by atoms with Crippen LogP contribution in [0.5, 0.6) is 0 Å². The van der Waals surface area contributed by atoms with Crippen LogP contribution in [0.4, 0.5) is 21.9 Å². The van der Waals surface area contributed by atoms with E-state index < -0.39 is 0 Å². The molecule has 16 nitrogen and oxygen atoms in total. The lowest BCUT2D eigenvalue weighted by molar-refractivity contribution is -0.131. The Morgan fingerprint density at radius 2 is 1.67 bits per heavy atom. The van der Waals surface area contributed by atoms with Crippen molar-refractivity contribution < 1.29 is 28.4 Å². The van der Waals surface area contributed by atoms with E-state index in [4.69, 9.17) is 4.42 Å². The van der Waals surface area contributed by atoms with Gasteiger partial charge in [0.05, 0.1) is 18.4 Å². The highest BCUT2D eigenvalue weighted by Crippen LogP contribution is 2.37. The predicted octanol–water partition coefficient (Wildman–Crippen LogP) is 4.52. The quantitative estimate of drug-likeness (QED) is 0.207. The predicted molar refractivity (Wildman–Crippen MR) is 227 cm³/mol. The molecule has 0 spiro atoms. The minimum absolute atomic E-state index is 0.0665. The molecule has 0 radical (unpaired) electrons. The number of hydrogen-bond acceptors (Lipinski definition) is 10. The minimum atomic E-state index is -0.378. The molecule has 8 rings (SSSR count). The Balaban J connectivity index is 0.838. The van der Waals surface area contributed by atoms with Crippen LogP contribution in [0.3, 0.4) is 0 Å². The summed E-state index contributed by atoms with van der Waals surface area (Å²) in [5.41, 5.74) is 5.48. The molecule has 2 aromatic carbocycles. The summed E-state index contributed by atoms with van der Waals surface area (Å²) in [4.78, 5) is 73.0. The summed E-state index contributed by atoms with van der Waals surface area (Å²) in [5.74, 6) is 0.450. The summed E-state index contributed by atoms with van der Waals surface area (Å²) < 4.78 is 7.92. The van der Waals surface area contributed by atoms with Gasteiger partial charge in [0.2, 0.25) is 17.7 Å². The number of amides is 6. The first-order chi connectivity index (χ1) is 29.1. The third-order valence-electron chi connectivity index (χ3n) is 12.4. The van der Waals surface area contributed by atoms with Crippen molar-refractivity contribution in [2.45, 2.75) is 57.9 Å². The molecule has 0 saturated carbocycles. The Labute approximate surface area is 349 Å². The van der Waals surface area contributed by atoms with Gasteiger partial charge in [0.15, 0.2) is 11.3 Å². The maximum absolute atomic E-state index is 13.4. The monoisotopic (exact) mass is 818 g/mol. The lowest BCUT2D eigenvalue weighted by Crippen LogP contribution is -2.49. The van der Waals surface area contributed by atoms with Gasteiger partial charge in [-0.2, -0.15) is 0 Å². The molecule has 3 fully saturated rings. The van der Waals surface area contributed by atoms with E-state index in [-0.39, 0.29) is 41.3 Å². The fraction of sp³-hybridized carbons (Fsp3) is 0.477. The number of hydrogen-bond donors (Lipinski definition) is 2. The van der Waals surface area contributed by atoms with E-state index in [1.54, 1.807) is 42.1 Å². The third-order valence-corrected chi connectivity index (χ3v) is 12.4. The van der Waals surface area contributed by atoms with E-state index >= 15 is 0 Å². The number of carbonyl (C=O) groups is 5. The highest BCUT2D eigenvalue weighted by atomic mass is 16.3.